The van der Waals surface area contributed by atoms with Gasteiger partial charge in [-0.25, -0.2) is 0 Å². The summed E-state index contributed by atoms with van der Waals surface area (Å²) in [6.07, 6.45) is 0. The number of nitrogens with zero attached hydrogens (tertiary/aromatic N) is 1. The van der Waals surface area contributed by atoms with Gasteiger partial charge in [-0.2, -0.15) is 0 Å². The Morgan fingerprint density at radius 2 is 2.43 bits per heavy atom. The number of aliphatic carboxylic acids is 1. The summed E-state index contributed by atoms with van der Waals surface area (Å²) in [4.78, 5) is 12.9. The third-order valence-corrected chi connectivity index (χ3v) is 2.48. The van der Waals surface area contributed by atoms with E-state index in [-0.39, 0.29) is 5.92 Å². The second kappa shape index (κ2) is 5.32. The maximum absolute atomic E-state index is 10.7. The molecule has 0 aliphatic carbocycles. The van der Waals surface area contributed by atoms with Gasteiger partial charge in [-0.15, -0.1) is 0 Å². The Balaban J connectivity index is 2.38. The van der Waals surface area contributed by atoms with E-state index < -0.39 is 5.97 Å². The minimum absolute atomic E-state index is 0.291. The fourth-order valence-corrected chi connectivity index (χ4v) is 1.69. The molecule has 0 saturated carbocycles. The summed E-state index contributed by atoms with van der Waals surface area (Å²) in [6.45, 7) is 7.81. The van der Waals surface area contributed by atoms with Crippen molar-refractivity contribution < 1.29 is 14.6 Å². The number of hydrogen-bond acceptors (Lipinski definition) is 3. The van der Waals surface area contributed by atoms with Crippen molar-refractivity contribution in [1.29, 1.82) is 0 Å². The lowest BCUT2D eigenvalue weighted by atomic mass is 10.1. The maximum atomic E-state index is 10.7. The molecule has 0 bridgehead atoms. The SMILES string of the molecule is CC1COCCN(CC(C)C(=O)O)C1. The quantitative estimate of drug-likeness (QED) is 0.729. The van der Waals surface area contributed by atoms with Crippen LogP contribution in [0.15, 0.2) is 0 Å². The van der Waals surface area contributed by atoms with E-state index in [1.165, 1.54) is 0 Å². The van der Waals surface area contributed by atoms with Crippen LogP contribution in [0.4, 0.5) is 0 Å². The number of carbonyl (C=O) groups is 1. The molecular formula is C10H19NO3. The monoisotopic (exact) mass is 201 g/mol. The minimum atomic E-state index is -0.720. The van der Waals surface area contributed by atoms with Crippen molar-refractivity contribution in [2.24, 2.45) is 11.8 Å². The molecule has 0 amide bonds. The molecule has 1 N–H and O–H groups in total. The number of hydrogen-bond donors (Lipinski definition) is 1. The highest BCUT2D eigenvalue weighted by Gasteiger charge is 2.19. The fraction of sp³-hybridized carbons (Fsp3) is 0.900. The first-order valence-electron chi connectivity index (χ1n) is 5.12. The molecule has 0 spiro atoms. The van der Waals surface area contributed by atoms with Crippen molar-refractivity contribution in [1.82, 2.24) is 4.90 Å². The van der Waals surface area contributed by atoms with Crippen molar-refractivity contribution in [3.8, 4) is 0 Å². The zero-order valence-corrected chi connectivity index (χ0v) is 8.90. The Kier molecular flexibility index (Phi) is 4.35. The van der Waals surface area contributed by atoms with Crippen molar-refractivity contribution in [3.63, 3.8) is 0 Å². The van der Waals surface area contributed by atoms with E-state index in [1.54, 1.807) is 6.92 Å². The molecule has 0 aromatic heterocycles. The van der Waals surface area contributed by atoms with Gasteiger partial charge in [0.05, 0.1) is 19.1 Å². The van der Waals surface area contributed by atoms with Crippen LogP contribution in [-0.2, 0) is 9.53 Å². The summed E-state index contributed by atoms with van der Waals surface area (Å²) in [7, 11) is 0. The van der Waals surface area contributed by atoms with Crippen LogP contribution in [-0.4, -0.2) is 48.8 Å². The van der Waals surface area contributed by atoms with Gasteiger partial charge in [-0.1, -0.05) is 13.8 Å². The summed E-state index contributed by atoms with van der Waals surface area (Å²) in [6, 6.07) is 0. The Morgan fingerprint density at radius 3 is 3.07 bits per heavy atom. The van der Waals surface area contributed by atoms with Crippen LogP contribution in [0.2, 0.25) is 0 Å². The van der Waals surface area contributed by atoms with E-state index in [9.17, 15) is 4.79 Å². The second-order valence-electron chi connectivity index (χ2n) is 4.18. The lowest BCUT2D eigenvalue weighted by Crippen LogP contribution is -2.35. The highest BCUT2D eigenvalue weighted by atomic mass is 16.5. The lowest BCUT2D eigenvalue weighted by molar-refractivity contribution is -0.141. The molecule has 1 heterocycles. The van der Waals surface area contributed by atoms with Crippen molar-refractivity contribution >= 4 is 5.97 Å². The van der Waals surface area contributed by atoms with Gasteiger partial charge in [0, 0.05) is 19.6 Å². The van der Waals surface area contributed by atoms with E-state index in [4.69, 9.17) is 9.84 Å². The topological polar surface area (TPSA) is 49.8 Å². The summed E-state index contributed by atoms with van der Waals surface area (Å²) in [5.74, 6) is -0.512. The van der Waals surface area contributed by atoms with Crippen LogP contribution in [0.1, 0.15) is 13.8 Å². The first-order valence-corrected chi connectivity index (χ1v) is 5.12. The molecule has 2 atom stereocenters. The maximum Gasteiger partial charge on any atom is 0.307 e. The molecule has 0 aromatic carbocycles. The smallest absolute Gasteiger partial charge is 0.307 e. The van der Waals surface area contributed by atoms with Gasteiger partial charge in [-0.3, -0.25) is 9.69 Å². The zero-order chi connectivity index (χ0) is 10.6. The molecular weight excluding hydrogens is 182 g/mol. The average molecular weight is 201 g/mol. The molecule has 1 aliphatic heterocycles. The van der Waals surface area contributed by atoms with Crippen molar-refractivity contribution in [2.45, 2.75) is 13.8 Å². The van der Waals surface area contributed by atoms with E-state index in [0.717, 1.165) is 26.3 Å². The molecule has 0 radical (unpaired) electrons. The molecule has 0 aromatic rings. The molecule has 1 rings (SSSR count). The standard InChI is InChI=1S/C10H19NO3/c1-8-5-11(3-4-14-7-8)6-9(2)10(12)13/h8-9H,3-7H2,1-2H3,(H,12,13). The van der Waals surface area contributed by atoms with E-state index >= 15 is 0 Å². The van der Waals surface area contributed by atoms with Gasteiger partial charge in [0.2, 0.25) is 0 Å². The normalized spacial score (nSPS) is 26.9. The van der Waals surface area contributed by atoms with Crippen LogP contribution in [0.5, 0.6) is 0 Å². The van der Waals surface area contributed by atoms with Crippen LogP contribution >= 0.6 is 0 Å². The van der Waals surface area contributed by atoms with Gasteiger partial charge >= 0.3 is 5.97 Å². The van der Waals surface area contributed by atoms with Crippen molar-refractivity contribution in [2.75, 3.05) is 32.8 Å². The first kappa shape index (κ1) is 11.5. The molecule has 4 nitrogen and oxygen atoms in total. The molecule has 2 unspecified atom stereocenters. The summed E-state index contributed by atoms with van der Waals surface area (Å²) < 4.78 is 5.39. The third kappa shape index (κ3) is 3.64. The summed E-state index contributed by atoms with van der Waals surface area (Å²) in [5.41, 5.74) is 0. The minimum Gasteiger partial charge on any atom is -0.481 e. The number of rotatable bonds is 3. The average Bonchev–Trinajstić information content (AvgIpc) is 2.29. The Bertz CT molecular complexity index is 196. The lowest BCUT2D eigenvalue weighted by Gasteiger charge is -2.23. The van der Waals surface area contributed by atoms with E-state index in [2.05, 4.69) is 11.8 Å². The zero-order valence-electron chi connectivity index (χ0n) is 8.90. The molecule has 1 fully saturated rings. The molecule has 82 valence electrons. The number of carboxylic acids is 1. The summed E-state index contributed by atoms with van der Waals surface area (Å²) >= 11 is 0. The van der Waals surface area contributed by atoms with Gasteiger partial charge in [-0.05, 0) is 5.92 Å². The van der Waals surface area contributed by atoms with Crippen LogP contribution in [0.25, 0.3) is 0 Å². The van der Waals surface area contributed by atoms with Crippen LogP contribution in [0, 0.1) is 11.8 Å². The van der Waals surface area contributed by atoms with Crippen LogP contribution in [0.3, 0.4) is 0 Å². The molecule has 1 saturated heterocycles. The van der Waals surface area contributed by atoms with Crippen LogP contribution < -0.4 is 0 Å². The Morgan fingerprint density at radius 1 is 1.71 bits per heavy atom. The highest BCUT2D eigenvalue weighted by molar-refractivity contribution is 5.69. The molecule has 1 aliphatic rings. The molecule has 14 heavy (non-hydrogen) atoms. The predicted molar refractivity (Wildman–Crippen MR) is 53.2 cm³/mol. The fourth-order valence-electron chi connectivity index (χ4n) is 1.69. The van der Waals surface area contributed by atoms with E-state index in [0.29, 0.717) is 12.5 Å². The first-order chi connectivity index (χ1) is 6.59. The van der Waals surface area contributed by atoms with E-state index in [1.807, 2.05) is 0 Å². The second-order valence-corrected chi connectivity index (χ2v) is 4.18. The highest BCUT2D eigenvalue weighted by Crippen LogP contribution is 2.08. The number of carboxylic acid groups (broad SMARTS) is 1. The van der Waals surface area contributed by atoms with Gasteiger partial charge < -0.3 is 9.84 Å². The van der Waals surface area contributed by atoms with Gasteiger partial charge in [0.1, 0.15) is 0 Å². The summed E-state index contributed by atoms with van der Waals surface area (Å²) in [5, 5.41) is 8.79. The molecule has 4 heteroatoms. The Hall–Kier alpha value is -0.610. The largest absolute Gasteiger partial charge is 0.481 e. The number of ether oxygens (including phenoxy) is 1. The predicted octanol–water partition coefficient (Wildman–Crippen LogP) is 0.675. The Labute approximate surface area is 84.8 Å². The third-order valence-electron chi connectivity index (χ3n) is 2.48. The van der Waals surface area contributed by atoms with Gasteiger partial charge in [0.25, 0.3) is 0 Å². The van der Waals surface area contributed by atoms with Gasteiger partial charge in [0.15, 0.2) is 0 Å². The van der Waals surface area contributed by atoms with Crippen molar-refractivity contribution in [3.05, 3.63) is 0 Å².